The summed E-state index contributed by atoms with van der Waals surface area (Å²) in [5.74, 6) is -0.164. The number of carbonyl (C=O) groups is 1. The number of amides is 1. The summed E-state index contributed by atoms with van der Waals surface area (Å²) in [6.45, 7) is 3.78. The topological polar surface area (TPSA) is 96.8 Å². The van der Waals surface area contributed by atoms with Gasteiger partial charge in [-0.15, -0.1) is 0 Å². The lowest BCUT2D eigenvalue weighted by Gasteiger charge is -2.23. The molecule has 1 heterocycles. The lowest BCUT2D eigenvalue weighted by Crippen LogP contribution is -2.28. The van der Waals surface area contributed by atoms with Crippen LogP contribution in [0.2, 0.25) is 0 Å². The molecule has 3 aromatic rings. The van der Waals surface area contributed by atoms with Crippen LogP contribution in [0.5, 0.6) is 0 Å². The molecule has 1 aromatic heterocycles. The number of guanidine groups is 1. The van der Waals surface area contributed by atoms with Gasteiger partial charge in [-0.3, -0.25) is 10.1 Å². The van der Waals surface area contributed by atoms with Crippen molar-refractivity contribution < 1.29 is 13.7 Å². The lowest BCUT2D eigenvalue weighted by atomic mass is 9.81. The van der Waals surface area contributed by atoms with Gasteiger partial charge in [-0.1, -0.05) is 61.5 Å². The number of halogens is 1. The molecule has 0 saturated carbocycles. The molecule has 0 saturated heterocycles. The predicted molar refractivity (Wildman–Crippen MR) is 119 cm³/mol. The van der Waals surface area contributed by atoms with Gasteiger partial charge in [0.15, 0.2) is 5.96 Å². The Morgan fingerprint density at radius 3 is 2.55 bits per heavy atom. The van der Waals surface area contributed by atoms with Crippen molar-refractivity contribution in [2.45, 2.75) is 19.3 Å². The van der Waals surface area contributed by atoms with Crippen LogP contribution in [0, 0.1) is 5.82 Å². The number of hydrogen-bond acceptors (Lipinski definition) is 4. The molecule has 0 radical (unpaired) electrons. The van der Waals surface area contributed by atoms with Crippen LogP contribution in [0.4, 0.5) is 10.3 Å². The predicted octanol–water partition coefficient (Wildman–Crippen LogP) is 3.62. The molecule has 0 fully saturated rings. The second-order valence-corrected chi connectivity index (χ2v) is 7.88. The molecule has 0 aliphatic heterocycles. The highest BCUT2D eigenvalue weighted by molar-refractivity contribution is 5.92. The fourth-order valence-corrected chi connectivity index (χ4v) is 2.99. The van der Waals surface area contributed by atoms with Crippen molar-refractivity contribution in [1.82, 2.24) is 10.1 Å². The number of hydrogen-bond donors (Lipinski definition) is 2. The van der Waals surface area contributed by atoms with Crippen LogP contribution in [0.15, 0.2) is 64.1 Å². The number of nitrogens with one attached hydrogen (secondary N) is 1. The molecule has 0 aliphatic rings. The van der Waals surface area contributed by atoms with Gasteiger partial charge in [-0.2, -0.15) is 0 Å². The van der Waals surface area contributed by atoms with Gasteiger partial charge in [0.1, 0.15) is 12.4 Å². The van der Waals surface area contributed by atoms with Crippen molar-refractivity contribution in [1.29, 1.82) is 0 Å². The minimum atomic E-state index is -0.619. The Morgan fingerprint density at radius 1 is 1.19 bits per heavy atom. The standard InChI is InChI=1S/C23H26FN5O2/c1-23(2,16-10-11-17(18(24)12-16)15-8-6-5-7-9-15)19-13-20(31-28-19)27-22(25)26-14-21(30)29(3)4/h5-13H,14H2,1-4H3,(H3,25,26,27). The molecule has 0 bridgehead atoms. The van der Waals surface area contributed by atoms with E-state index < -0.39 is 5.41 Å². The van der Waals surface area contributed by atoms with Gasteiger partial charge in [-0.05, 0) is 17.2 Å². The van der Waals surface area contributed by atoms with Gasteiger partial charge in [-0.25, -0.2) is 9.38 Å². The zero-order chi connectivity index (χ0) is 22.6. The van der Waals surface area contributed by atoms with E-state index in [1.807, 2.05) is 50.2 Å². The number of carbonyl (C=O) groups excluding carboxylic acids is 1. The number of aliphatic imine (C=N–C) groups is 1. The van der Waals surface area contributed by atoms with E-state index in [0.717, 1.165) is 11.1 Å². The summed E-state index contributed by atoms with van der Waals surface area (Å²) in [5.41, 5.74) is 7.90. The maximum atomic E-state index is 14.8. The molecule has 3 rings (SSSR count). The highest BCUT2D eigenvalue weighted by Crippen LogP contribution is 2.34. The zero-order valence-corrected chi connectivity index (χ0v) is 18.0. The quantitative estimate of drug-likeness (QED) is 0.466. The van der Waals surface area contributed by atoms with E-state index in [9.17, 15) is 9.18 Å². The summed E-state index contributed by atoms with van der Waals surface area (Å²) in [4.78, 5) is 17.0. The Kier molecular flexibility index (Phi) is 6.39. The molecule has 1 amide bonds. The van der Waals surface area contributed by atoms with Gasteiger partial charge >= 0.3 is 0 Å². The Balaban J connectivity index is 1.77. The molecule has 3 N–H and O–H groups in total. The maximum Gasteiger partial charge on any atom is 0.243 e. The molecule has 2 aromatic carbocycles. The van der Waals surface area contributed by atoms with Crippen molar-refractivity contribution in [2.24, 2.45) is 10.7 Å². The number of aromatic nitrogens is 1. The zero-order valence-electron chi connectivity index (χ0n) is 18.0. The Labute approximate surface area is 180 Å². The lowest BCUT2D eigenvalue weighted by molar-refractivity contribution is -0.127. The minimum absolute atomic E-state index is 0.0361. The molecule has 162 valence electrons. The van der Waals surface area contributed by atoms with Gasteiger partial charge in [0.2, 0.25) is 11.8 Å². The first kappa shape index (κ1) is 22.0. The van der Waals surface area contributed by atoms with Crippen LogP contribution in [0.25, 0.3) is 11.1 Å². The van der Waals surface area contributed by atoms with Crippen LogP contribution < -0.4 is 11.1 Å². The fourth-order valence-electron chi connectivity index (χ4n) is 2.99. The largest absolute Gasteiger partial charge is 0.370 e. The highest BCUT2D eigenvalue weighted by Gasteiger charge is 2.28. The van der Waals surface area contributed by atoms with Crippen molar-refractivity contribution in [3.8, 4) is 11.1 Å². The molecular weight excluding hydrogens is 397 g/mol. The molecule has 0 unspecified atom stereocenters. The van der Waals surface area contributed by atoms with E-state index in [1.165, 1.54) is 11.0 Å². The molecular formula is C23H26FN5O2. The highest BCUT2D eigenvalue weighted by atomic mass is 19.1. The number of benzene rings is 2. The van der Waals surface area contributed by atoms with Gasteiger partial charge in [0.25, 0.3) is 0 Å². The van der Waals surface area contributed by atoms with Crippen LogP contribution in [0.1, 0.15) is 25.1 Å². The van der Waals surface area contributed by atoms with Gasteiger partial charge < -0.3 is 15.2 Å². The van der Waals surface area contributed by atoms with Crippen molar-refractivity contribution in [3.63, 3.8) is 0 Å². The molecule has 0 atom stereocenters. The first-order valence-electron chi connectivity index (χ1n) is 9.78. The normalized spacial score (nSPS) is 12.0. The second-order valence-electron chi connectivity index (χ2n) is 7.88. The number of likely N-dealkylation sites (N-methyl/N-ethyl adjacent to an activating group) is 1. The van der Waals surface area contributed by atoms with Gasteiger partial charge in [0, 0.05) is 31.1 Å². The number of nitrogens with two attached hydrogens (primary N) is 1. The summed E-state index contributed by atoms with van der Waals surface area (Å²) < 4.78 is 20.2. The number of rotatable bonds is 6. The smallest absolute Gasteiger partial charge is 0.243 e. The minimum Gasteiger partial charge on any atom is -0.370 e. The average molecular weight is 423 g/mol. The summed E-state index contributed by atoms with van der Waals surface area (Å²) in [7, 11) is 3.28. The van der Waals surface area contributed by atoms with Crippen LogP contribution in [0.3, 0.4) is 0 Å². The third kappa shape index (κ3) is 5.09. The number of nitrogens with zero attached hydrogens (tertiary/aromatic N) is 3. The van der Waals surface area contributed by atoms with Crippen LogP contribution in [-0.4, -0.2) is 42.6 Å². The van der Waals surface area contributed by atoms with E-state index in [1.54, 1.807) is 26.2 Å². The number of anilines is 1. The summed E-state index contributed by atoms with van der Waals surface area (Å²) in [6, 6.07) is 16.2. The van der Waals surface area contributed by atoms with E-state index in [-0.39, 0.29) is 30.1 Å². The Morgan fingerprint density at radius 2 is 1.90 bits per heavy atom. The third-order valence-electron chi connectivity index (χ3n) is 5.06. The second kappa shape index (κ2) is 8.99. The third-order valence-corrected chi connectivity index (χ3v) is 5.06. The fraction of sp³-hybridized carbons (Fsp3) is 0.261. The Hall–Kier alpha value is -3.68. The van der Waals surface area contributed by atoms with E-state index in [2.05, 4.69) is 15.5 Å². The molecule has 0 spiro atoms. The van der Waals surface area contributed by atoms with Gasteiger partial charge in [0.05, 0.1) is 5.69 Å². The Bertz CT molecular complexity index is 1090. The first-order valence-corrected chi connectivity index (χ1v) is 9.78. The van der Waals surface area contributed by atoms with Crippen molar-refractivity contribution in [2.75, 3.05) is 26.0 Å². The van der Waals surface area contributed by atoms with Crippen molar-refractivity contribution in [3.05, 3.63) is 71.7 Å². The molecule has 7 nitrogen and oxygen atoms in total. The van der Waals surface area contributed by atoms with Crippen LogP contribution >= 0.6 is 0 Å². The summed E-state index contributed by atoms with van der Waals surface area (Å²) >= 11 is 0. The molecule has 8 heteroatoms. The van der Waals surface area contributed by atoms with E-state index in [0.29, 0.717) is 11.3 Å². The van der Waals surface area contributed by atoms with Crippen molar-refractivity contribution >= 4 is 17.8 Å². The average Bonchev–Trinajstić information content (AvgIpc) is 3.21. The summed E-state index contributed by atoms with van der Waals surface area (Å²) in [6.07, 6.45) is 0. The SMILES string of the molecule is CN(C)C(=O)CN=C(N)Nc1cc(C(C)(C)c2ccc(-c3ccccc3)c(F)c2)no1. The first-order chi connectivity index (χ1) is 14.7. The van der Waals surface area contributed by atoms with Crippen LogP contribution in [-0.2, 0) is 10.2 Å². The van der Waals surface area contributed by atoms with E-state index >= 15 is 0 Å². The van der Waals surface area contributed by atoms with E-state index in [4.69, 9.17) is 10.3 Å². The molecule has 31 heavy (non-hydrogen) atoms. The molecule has 0 aliphatic carbocycles. The monoisotopic (exact) mass is 423 g/mol. The summed E-state index contributed by atoms with van der Waals surface area (Å²) in [5, 5.41) is 6.88. The maximum absolute atomic E-state index is 14.8.